The van der Waals surface area contributed by atoms with E-state index in [-0.39, 0.29) is 30.2 Å². The van der Waals surface area contributed by atoms with E-state index in [1.165, 1.54) is 0 Å². The van der Waals surface area contributed by atoms with Crippen molar-refractivity contribution in [3.05, 3.63) is 0 Å². The third-order valence-corrected chi connectivity index (χ3v) is 5.23. The van der Waals surface area contributed by atoms with Gasteiger partial charge in [-0.25, -0.2) is 0 Å². The molecule has 0 radical (unpaired) electrons. The third kappa shape index (κ3) is 10.4. The van der Waals surface area contributed by atoms with Crippen molar-refractivity contribution in [3.8, 4) is 0 Å². The quantitative estimate of drug-likeness (QED) is 0.195. The Labute approximate surface area is 165 Å². The number of nitrogens with one attached hydrogen (secondary N) is 1. The van der Waals surface area contributed by atoms with Gasteiger partial charge in [-0.3, -0.25) is 14.4 Å². The fourth-order valence-electron chi connectivity index (χ4n) is 2.42. The zero-order valence-corrected chi connectivity index (χ0v) is 17.9. The van der Waals surface area contributed by atoms with Gasteiger partial charge in [0.15, 0.2) is 0 Å². The largest absolute Gasteiger partial charge is 0.548 e. The lowest BCUT2D eigenvalue weighted by Crippen LogP contribution is -2.51. The molecule has 0 fully saturated rings. The van der Waals surface area contributed by atoms with Crippen LogP contribution in [-0.4, -0.2) is 54.5 Å². The molecule has 7 nitrogen and oxygen atoms in total. The molecule has 2 unspecified atom stereocenters. The van der Waals surface area contributed by atoms with Gasteiger partial charge < -0.3 is 20.0 Å². The lowest BCUT2D eigenvalue weighted by Gasteiger charge is -2.22. The number of carbonyl (C=O) groups excluding carboxylic acids is 4. The summed E-state index contributed by atoms with van der Waals surface area (Å²) in [4.78, 5) is 48.0. The molecule has 1 amide bonds. The maximum atomic E-state index is 12.4. The van der Waals surface area contributed by atoms with Crippen LogP contribution in [0.1, 0.15) is 52.9 Å². The van der Waals surface area contributed by atoms with Crippen LogP contribution >= 0.6 is 0 Å². The van der Waals surface area contributed by atoms with Crippen LogP contribution in [0.25, 0.3) is 0 Å². The van der Waals surface area contributed by atoms with E-state index in [4.69, 9.17) is 4.74 Å². The van der Waals surface area contributed by atoms with Gasteiger partial charge in [0.2, 0.25) is 5.91 Å². The maximum Gasteiger partial charge on any atom is 0.309 e. The molecule has 0 aromatic carbocycles. The highest BCUT2D eigenvalue weighted by Gasteiger charge is 2.30. The molecule has 0 saturated carbocycles. The van der Waals surface area contributed by atoms with E-state index < -0.39 is 41.5 Å². The van der Waals surface area contributed by atoms with Crippen LogP contribution in [0.3, 0.4) is 0 Å². The highest BCUT2D eigenvalue weighted by molar-refractivity contribution is 7.95. The summed E-state index contributed by atoms with van der Waals surface area (Å²) in [6.07, 6.45) is 5.99. The second-order valence-electron chi connectivity index (χ2n) is 6.91. The van der Waals surface area contributed by atoms with Crippen molar-refractivity contribution in [2.45, 2.75) is 58.9 Å². The van der Waals surface area contributed by atoms with E-state index in [0.29, 0.717) is 12.4 Å². The smallest absolute Gasteiger partial charge is 0.309 e. The normalized spacial score (nSPS) is 14.3. The number of aliphatic carboxylic acids is 1. The van der Waals surface area contributed by atoms with Gasteiger partial charge in [0.05, 0.1) is 43.0 Å². The predicted molar refractivity (Wildman–Crippen MR) is 104 cm³/mol. The Morgan fingerprint density at radius 1 is 1.15 bits per heavy atom. The van der Waals surface area contributed by atoms with Crippen LogP contribution in [0.5, 0.6) is 0 Å². The number of ether oxygens (including phenoxy) is 1. The Bertz CT molecular complexity index is 508. The van der Waals surface area contributed by atoms with Crippen LogP contribution in [0.2, 0.25) is 0 Å². The molecule has 0 saturated heterocycles. The number of hydrogen-bond acceptors (Lipinski definition) is 6. The Hall–Kier alpha value is -1.57. The topological polar surface area (TPSA) is 113 Å². The molecular weight excluding hydrogens is 370 g/mol. The molecule has 0 aliphatic carbocycles. The highest BCUT2D eigenvalue weighted by Crippen LogP contribution is 2.15. The Kier molecular flexibility index (Phi) is 12.8. The number of hydrogen-bond donors (Lipinski definition) is 1. The molecule has 0 rings (SSSR count). The van der Waals surface area contributed by atoms with Gasteiger partial charge in [0.1, 0.15) is 11.5 Å². The number of Topliss-reactive ketones (excluding diaryl/α,β-unsaturated/α-hetero) is 1. The Morgan fingerprint density at radius 3 is 2.26 bits per heavy atom. The first-order chi connectivity index (χ1) is 12.6. The van der Waals surface area contributed by atoms with Crippen LogP contribution < -0.4 is 10.4 Å². The molecule has 8 heteroatoms. The van der Waals surface area contributed by atoms with E-state index in [1.807, 2.05) is 19.4 Å². The summed E-state index contributed by atoms with van der Waals surface area (Å²) in [5.41, 5.74) is 0. The van der Waals surface area contributed by atoms with Gasteiger partial charge in [0.25, 0.3) is 0 Å². The first-order valence-corrected chi connectivity index (χ1v) is 11.6. The molecule has 0 aromatic rings. The zero-order chi connectivity index (χ0) is 21.0. The van der Waals surface area contributed by atoms with E-state index >= 15 is 0 Å². The standard InChI is InChI=1S/C19H33NO6S/c1-6-8-10-26-19(25)13(3)12-16(21)14(7-2)17(22)20-15(18(23)24)9-11-27(4)5/h13-15H,6-12H2,1-5H3,(H-,20,22,23,24)/t13?,14?,15-/m1/s1. The van der Waals surface area contributed by atoms with Crippen LogP contribution in [0, 0.1) is 11.8 Å². The third-order valence-electron chi connectivity index (χ3n) is 4.18. The minimum absolute atomic E-state index is 0.0335. The summed E-state index contributed by atoms with van der Waals surface area (Å²) >= 11 is 0. The average molecular weight is 404 g/mol. The number of ketones is 1. The molecule has 27 heavy (non-hydrogen) atoms. The van der Waals surface area contributed by atoms with Crippen molar-refractivity contribution in [2.24, 2.45) is 11.8 Å². The monoisotopic (exact) mass is 403 g/mol. The van der Waals surface area contributed by atoms with Gasteiger partial charge in [-0.1, -0.05) is 27.2 Å². The fraction of sp³-hybridized carbons (Fsp3) is 0.789. The van der Waals surface area contributed by atoms with Gasteiger partial charge in [0, 0.05) is 12.8 Å². The van der Waals surface area contributed by atoms with Crippen LogP contribution in [0.4, 0.5) is 0 Å². The first kappa shape index (κ1) is 25.4. The van der Waals surface area contributed by atoms with Crippen LogP contribution in [-0.2, 0) is 34.8 Å². The lowest BCUT2D eigenvalue weighted by atomic mass is 9.92. The molecule has 3 atom stereocenters. The summed E-state index contributed by atoms with van der Waals surface area (Å²) in [7, 11) is 0.0335. The minimum Gasteiger partial charge on any atom is -0.548 e. The van der Waals surface area contributed by atoms with Gasteiger partial charge in [-0.05, 0) is 23.7 Å². The van der Waals surface area contributed by atoms with E-state index in [1.54, 1.807) is 13.8 Å². The molecule has 0 spiro atoms. The number of amides is 1. The molecule has 156 valence electrons. The molecule has 0 heterocycles. The second-order valence-corrected chi connectivity index (χ2v) is 9.29. The fourth-order valence-corrected chi connectivity index (χ4v) is 3.13. The summed E-state index contributed by atoms with van der Waals surface area (Å²) in [6.45, 7) is 5.56. The number of rotatable bonds is 14. The molecule has 0 aliphatic rings. The van der Waals surface area contributed by atoms with E-state index in [2.05, 4.69) is 5.32 Å². The number of carboxylic acid groups (broad SMARTS) is 1. The van der Waals surface area contributed by atoms with Crippen molar-refractivity contribution in [1.29, 1.82) is 0 Å². The number of carbonyl (C=O) groups is 4. The van der Waals surface area contributed by atoms with Crippen LogP contribution in [0.15, 0.2) is 0 Å². The molecule has 0 aromatic heterocycles. The number of unbranched alkanes of at least 4 members (excludes halogenated alkanes) is 1. The van der Waals surface area contributed by atoms with Crippen molar-refractivity contribution < 1.29 is 29.0 Å². The van der Waals surface area contributed by atoms with Crippen molar-refractivity contribution in [2.75, 3.05) is 24.9 Å². The second kappa shape index (κ2) is 13.6. The van der Waals surface area contributed by atoms with Gasteiger partial charge >= 0.3 is 5.97 Å². The maximum absolute atomic E-state index is 12.4. The van der Waals surface area contributed by atoms with Gasteiger partial charge in [-0.2, -0.15) is 0 Å². The van der Waals surface area contributed by atoms with Crippen molar-refractivity contribution in [3.63, 3.8) is 0 Å². The van der Waals surface area contributed by atoms with E-state index in [9.17, 15) is 24.3 Å². The van der Waals surface area contributed by atoms with Crippen molar-refractivity contribution in [1.82, 2.24) is 5.32 Å². The Balaban J connectivity index is 4.77. The summed E-state index contributed by atoms with van der Waals surface area (Å²) in [5.74, 6) is -3.83. The molecular formula is C19H33NO6S. The first-order valence-electron chi connectivity index (χ1n) is 9.38. The molecule has 0 bridgehead atoms. The average Bonchev–Trinajstić information content (AvgIpc) is 2.58. The zero-order valence-electron chi connectivity index (χ0n) is 17.0. The Morgan fingerprint density at radius 2 is 1.78 bits per heavy atom. The van der Waals surface area contributed by atoms with Gasteiger partial charge in [-0.15, -0.1) is 0 Å². The van der Waals surface area contributed by atoms with Crippen molar-refractivity contribution >= 4 is 34.5 Å². The predicted octanol–water partition coefficient (Wildman–Crippen LogP) is 0.454. The lowest BCUT2D eigenvalue weighted by molar-refractivity contribution is -0.308. The summed E-state index contributed by atoms with van der Waals surface area (Å²) in [5, 5.41) is 13.7. The number of esters is 1. The minimum atomic E-state index is -1.36. The SMILES string of the molecule is CCCCOC(=O)C(C)CC(=O)C(CC)C(=O)N[C@H](CC[S+](C)C)C(=O)[O-]. The number of carboxylic acids is 1. The molecule has 1 N–H and O–H groups in total. The molecule has 0 aliphatic heterocycles. The summed E-state index contributed by atoms with van der Waals surface area (Å²) in [6, 6.07) is -1.12. The highest BCUT2D eigenvalue weighted by atomic mass is 32.2. The van der Waals surface area contributed by atoms with E-state index in [0.717, 1.165) is 12.8 Å². The summed E-state index contributed by atoms with van der Waals surface area (Å²) < 4.78 is 5.09.